The van der Waals surface area contributed by atoms with E-state index in [2.05, 4.69) is 20.8 Å². The summed E-state index contributed by atoms with van der Waals surface area (Å²) >= 11 is 0. The van der Waals surface area contributed by atoms with E-state index < -0.39 is 0 Å². The molecule has 0 bridgehead atoms. The van der Waals surface area contributed by atoms with E-state index in [-0.39, 0.29) is 0 Å². The zero-order valence-corrected chi connectivity index (χ0v) is 8.84. The largest absolute Gasteiger partial charge is 0.269 e. The van der Waals surface area contributed by atoms with Crippen LogP contribution >= 0.6 is 0 Å². The number of rotatable bonds is 7. The van der Waals surface area contributed by atoms with Crippen LogP contribution in [-0.2, 0) is 0 Å². The number of nitrogens with two attached hydrogens (primary N) is 1. The predicted molar refractivity (Wildman–Crippen MR) is 54.7 cm³/mol. The summed E-state index contributed by atoms with van der Waals surface area (Å²) in [6.45, 7) is 8.79. The van der Waals surface area contributed by atoms with Crippen molar-refractivity contribution in [3.8, 4) is 0 Å². The number of unbranched alkanes of at least 4 members (excludes halogenated alkanes) is 2. The van der Waals surface area contributed by atoms with E-state index in [0.29, 0.717) is 0 Å². The average Bonchev–Trinajstić information content (AvgIpc) is 2.01. The molecule has 0 aliphatic rings. The SMILES string of the molecule is CCCCCN(N)CCC(C)C. The molecule has 0 amide bonds. The normalized spacial score (nSPS) is 11.5. The highest BCUT2D eigenvalue weighted by Gasteiger charge is 1.99. The van der Waals surface area contributed by atoms with E-state index in [1.54, 1.807) is 0 Å². The van der Waals surface area contributed by atoms with Crippen LogP contribution in [0.5, 0.6) is 0 Å². The fourth-order valence-electron chi connectivity index (χ4n) is 1.10. The third-order valence-electron chi connectivity index (χ3n) is 2.04. The van der Waals surface area contributed by atoms with Gasteiger partial charge in [0.05, 0.1) is 0 Å². The Kier molecular flexibility index (Phi) is 7.51. The van der Waals surface area contributed by atoms with Crippen molar-refractivity contribution in [3.63, 3.8) is 0 Å². The lowest BCUT2D eigenvalue weighted by molar-refractivity contribution is 0.260. The van der Waals surface area contributed by atoms with E-state index in [1.165, 1.54) is 25.7 Å². The molecule has 0 rings (SSSR count). The quantitative estimate of drug-likeness (QED) is 0.363. The molecule has 2 nitrogen and oxygen atoms in total. The van der Waals surface area contributed by atoms with Crippen molar-refractivity contribution in [1.29, 1.82) is 0 Å². The second-order valence-electron chi connectivity index (χ2n) is 3.93. The van der Waals surface area contributed by atoms with Gasteiger partial charge in [-0.3, -0.25) is 5.84 Å². The standard InChI is InChI=1S/C10H24N2/c1-4-5-6-8-12(11)9-7-10(2)3/h10H,4-9,11H2,1-3H3. The Labute approximate surface area is 77.1 Å². The third kappa shape index (κ3) is 8.02. The summed E-state index contributed by atoms with van der Waals surface area (Å²) in [5.74, 6) is 6.56. The molecule has 12 heavy (non-hydrogen) atoms. The first-order valence-corrected chi connectivity index (χ1v) is 5.16. The summed E-state index contributed by atoms with van der Waals surface area (Å²) in [4.78, 5) is 0. The summed E-state index contributed by atoms with van der Waals surface area (Å²) in [7, 11) is 0. The molecular formula is C10H24N2. The Bertz CT molecular complexity index is 91.8. The lowest BCUT2D eigenvalue weighted by Gasteiger charge is -2.16. The predicted octanol–water partition coefficient (Wildman–Crippen LogP) is 2.40. The fraction of sp³-hybridized carbons (Fsp3) is 1.00. The topological polar surface area (TPSA) is 29.3 Å². The van der Waals surface area contributed by atoms with Gasteiger partial charge >= 0.3 is 0 Å². The molecule has 0 aromatic rings. The minimum atomic E-state index is 0.766. The smallest absolute Gasteiger partial charge is 0.0131 e. The van der Waals surface area contributed by atoms with Gasteiger partial charge in [0.15, 0.2) is 0 Å². The van der Waals surface area contributed by atoms with Crippen molar-refractivity contribution in [2.75, 3.05) is 13.1 Å². The van der Waals surface area contributed by atoms with Crippen LogP contribution in [0.3, 0.4) is 0 Å². The molecule has 74 valence electrons. The lowest BCUT2D eigenvalue weighted by atomic mass is 10.1. The molecule has 0 aromatic heterocycles. The van der Waals surface area contributed by atoms with E-state index in [0.717, 1.165) is 19.0 Å². The molecule has 0 aliphatic carbocycles. The Morgan fingerprint density at radius 1 is 1.17 bits per heavy atom. The average molecular weight is 172 g/mol. The Morgan fingerprint density at radius 3 is 2.33 bits per heavy atom. The summed E-state index contributed by atoms with van der Waals surface area (Å²) in [6.07, 6.45) is 5.03. The van der Waals surface area contributed by atoms with Crippen molar-refractivity contribution in [2.24, 2.45) is 11.8 Å². The highest BCUT2D eigenvalue weighted by molar-refractivity contribution is 4.52. The van der Waals surface area contributed by atoms with Crippen molar-refractivity contribution < 1.29 is 0 Å². The fourth-order valence-corrected chi connectivity index (χ4v) is 1.10. The van der Waals surface area contributed by atoms with Gasteiger partial charge in [0.25, 0.3) is 0 Å². The van der Waals surface area contributed by atoms with E-state index >= 15 is 0 Å². The van der Waals surface area contributed by atoms with Gasteiger partial charge in [-0.1, -0.05) is 33.6 Å². The lowest BCUT2D eigenvalue weighted by Crippen LogP contribution is -2.33. The molecule has 0 radical (unpaired) electrons. The van der Waals surface area contributed by atoms with E-state index in [9.17, 15) is 0 Å². The number of nitrogens with zero attached hydrogens (tertiary/aromatic N) is 1. The third-order valence-corrected chi connectivity index (χ3v) is 2.04. The molecule has 2 N–H and O–H groups in total. The van der Waals surface area contributed by atoms with Crippen molar-refractivity contribution in [2.45, 2.75) is 46.5 Å². The van der Waals surface area contributed by atoms with Gasteiger partial charge in [-0.25, -0.2) is 5.01 Å². The zero-order chi connectivity index (χ0) is 9.40. The second kappa shape index (κ2) is 7.56. The van der Waals surface area contributed by atoms with Crippen LogP contribution in [-0.4, -0.2) is 18.1 Å². The van der Waals surface area contributed by atoms with Gasteiger partial charge in [0.1, 0.15) is 0 Å². The maximum absolute atomic E-state index is 5.80. The number of hydrogen-bond donors (Lipinski definition) is 1. The molecule has 0 saturated carbocycles. The molecule has 0 fully saturated rings. The maximum atomic E-state index is 5.80. The Morgan fingerprint density at radius 2 is 1.83 bits per heavy atom. The molecule has 0 saturated heterocycles. The van der Waals surface area contributed by atoms with Crippen LogP contribution in [0.2, 0.25) is 0 Å². The van der Waals surface area contributed by atoms with Crippen LogP contribution in [0.25, 0.3) is 0 Å². The van der Waals surface area contributed by atoms with Gasteiger partial charge in [-0.2, -0.15) is 0 Å². The minimum Gasteiger partial charge on any atom is -0.269 e. The maximum Gasteiger partial charge on any atom is 0.0131 e. The monoisotopic (exact) mass is 172 g/mol. The van der Waals surface area contributed by atoms with Gasteiger partial charge in [-0.15, -0.1) is 0 Å². The highest BCUT2D eigenvalue weighted by Crippen LogP contribution is 2.01. The Balaban J connectivity index is 3.15. The first-order chi connectivity index (χ1) is 5.66. The van der Waals surface area contributed by atoms with E-state index in [1.807, 2.05) is 5.01 Å². The van der Waals surface area contributed by atoms with Gasteiger partial charge < -0.3 is 0 Å². The summed E-state index contributed by atoms with van der Waals surface area (Å²) in [5, 5.41) is 1.95. The molecule has 0 heterocycles. The summed E-state index contributed by atoms with van der Waals surface area (Å²) in [5.41, 5.74) is 0. The van der Waals surface area contributed by atoms with E-state index in [4.69, 9.17) is 5.84 Å². The molecule has 0 atom stereocenters. The first kappa shape index (κ1) is 11.9. The van der Waals surface area contributed by atoms with Gasteiger partial charge in [0, 0.05) is 13.1 Å². The van der Waals surface area contributed by atoms with Crippen LogP contribution in [0, 0.1) is 5.92 Å². The summed E-state index contributed by atoms with van der Waals surface area (Å²) in [6, 6.07) is 0. The number of hydrazine groups is 1. The molecule has 0 unspecified atom stereocenters. The van der Waals surface area contributed by atoms with Crippen LogP contribution in [0.1, 0.15) is 46.5 Å². The van der Waals surface area contributed by atoms with Crippen molar-refractivity contribution in [1.82, 2.24) is 5.01 Å². The molecule has 0 aromatic carbocycles. The second-order valence-corrected chi connectivity index (χ2v) is 3.93. The number of hydrogen-bond acceptors (Lipinski definition) is 2. The van der Waals surface area contributed by atoms with Crippen molar-refractivity contribution >= 4 is 0 Å². The molecule has 0 aliphatic heterocycles. The van der Waals surface area contributed by atoms with Crippen LogP contribution in [0.15, 0.2) is 0 Å². The summed E-state index contributed by atoms with van der Waals surface area (Å²) < 4.78 is 0. The minimum absolute atomic E-state index is 0.766. The first-order valence-electron chi connectivity index (χ1n) is 5.16. The van der Waals surface area contributed by atoms with Crippen molar-refractivity contribution in [3.05, 3.63) is 0 Å². The van der Waals surface area contributed by atoms with Crippen LogP contribution < -0.4 is 5.84 Å². The molecule has 0 spiro atoms. The molecule has 2 heteroatoms. The van der Waals surface area contributed by atoms with Gasteiger partial charge in [0.2, 0.25) is 0 Å². The van der Waals surface area contributed by atoms with Crippen LogP contribution in [0.4, 0.5) is 0 Å². The molecular weight excluding hydrogens is 148 g/mol. The zero-order valence-electron chi connectivity index (χ0n) is 8.84. The Hall–Kier alpha value is -0.0800. The highest BCUT2D eigenvalue weighted by atomic mass is 15.4. The van der Waals surface area contributed by atoms with Gasteiger partial charge in [-0.05, 0) is 18.8 Å².